The van der Waals surface area contributed by atoms with E-state index in [9.17, 15) is 4.79 Å². The maximum atomic E-state index is 13.1. The first-order valence-electron chi connectivity index (χ1n) is 8.02. The second-order valence-corrected chi connectivity index (χ2v) is 7.52. The summed E-state index contributed by atoms with van der Waals surface area (Å²) in [7, 11) is 0. The van der Waals surface area contributed by atoms with Crippen molar-refractivity contribution in [1.82, 2.24) is 4.90 Å². The van der Waals surface area contributed by atoms with Gasteiger partial charge in [-0.25, -0.2) is 0 Å². The second kappa shape index (κ2) is 7.44. The average Bonchev–Trinajstić information content (AvgIpc) is 2.51. The lowest BCUT2D eigenvalue weighted by Crippen LogP contribution is -2.46. The standard InChI is InChI=1S/C18H26BrNO/c1-4-13(2)17(15-8-6-5-7-9-15)18(21)20-11-10-16(19)14(3)12-20/h5-9,13-14,16-17H,4,10-12H2,1-3H3. The first kappa shape index (κ1) is 16.5. The number of carbonyl (C=O) groups is 1. The molecule has 1 amide bonds. The Balaban J connectivity index is 2.19. The summed E-state index contributed by atoms with van der Waals surface area (Å²) in [5, 5.41) is 0. The highest BCUT2D eigenvalue weighted by atomic mass is 79.9. The molecule has 21 heavy (non-hydrogen) atoms. The van der Waals surface area contributed by atoms with Gasteiger partial charge in [0.05, 0.1) is 5.92 Å². The van der Waals surface area contributed by atoms with Crippen molar-refractivity contribution in [2.45, 2.75) is 44.4 Å². The predicted octanol–water partition coefficient (Wildman–Crippen LogP) is 4.45. The zero-order valence-electron chi connectivity index (χ0n) is 13.3. The third kappa shape index (κ3) is 3.88. The molecule has 0 aromatic heterocycles. The lowest BCUT2D eigenvalue weighted by Gasteiger charge is -2.37. The summed E-state index contributed by atoms with van der Waals surface area (Å²) in [4.78, 5) is 15.7. The summed E-state index contributed by atoms with van der Waals surface area (Å²) in [5.74, 6) is 1.20. The van der Waals surface area contributed by atoms with E-state index >= 15 is 0 Å². The average molecular weight is 352 g/mol. The number of halogens is 1. The molecule has 1 aromatic carbocycles. The summed E-state index contributed by atoms with van der Waals surface area (Å²) >= 11 is 3.72. The molecule has 1 aliphatic heterocycles. The van der Waals surface area contributed by atoms with Gasteiger partial charge < -0.3 is 4.90 Å². The van der Waals surface area contributed by atoms with Crippen molar-refractivity contribution in [2.24, 2.45) is 11.8 Å². The number of amides is 1. The third-order valence-corrected chi connectivity index (χ3v) is 6.11. The molecular formula is C18H26BrNO. The molecule has 2 nitrogen and oxygen atoms in total. The Morgan fingerprint density at radius 3 is 2.62 bits per heavy atom. The van der Waals surface area contributed by atoms with E-state index in [1.807, 2.05) is 18.2 Å². The molecule has 1 aliphatic rings. The fourth-order valence-electron chi connectivity index (χ4n) is 3.12. The first-order chi connectivity index (χ1) is 10.0. The topological polar surface area (TPSA) is 20.3 Å². The van der Waals surface area contributed by atoms with Gasteiger partial charge >= 0.3 is 0 Å². The normalized spacial score (nSPS) is 25.4. The molecule has 4 unspecified atom stereocenters. The van der Waals surface area contributed by atoms with Crippen molar-refractivity contribution in [3.05, 3.63) is 35.9 Å². The number of carbonyl (C=O) groups excluding carboxylic acids is 1. The molecule has 2 rings (SSSR count). The number of benzene rings is 1. The summed E-state index contributed by atoms with van der Waals surface area (Å²) in [6.07, 6.45) is 2.07. The number of nitrogens with zero attached hydrogens (tertiary/aromatic N) is 1. The van der Waals surface area contributed by atoms with Crippen molar-refractivity contribution in [3.8, 4) is 0 Å². The Hall–Kier alpha value is -0.830. The van der Waals surface area contributed by atoms with Gasteiger partial charge in [-0.05, 0) is 23.8 Å². The van der Waals surface area contributed by atoms with Crippen molar-refractivity contribution in [1.29, 1.82) is 0 Å². The Morgan fingerprint density at radius 2 is 2.05 bits per heavy atom. The summed E-state index contributed by atoms with van der Waals surface area (Å²) < 4.78 is 0. The molecule has 0 aliphatic carbocycles. The highest BCUT2D eigenvalue weighted by molar-refractivity contribution is 9.09. The number of alkyl halides is 1. The van der Waals surface area contributed by atoms with Crippen LogP contribution in [0.2, 0.25) is 0 Å². The van der Waals surface area contributed by atoms with E-state index < -0.39 is 0 Å². The zero-order valence-corrected chi connectivity index (χ0v) is 14.8. The number of piperidine rings is 1. The molecule has 1 fully saturated rings. The van der Waals surface area contributed by atoms with E-state index in [2.05, 4.69) is 53.7 Å². The van der Waals surface area contributed by atoms with Crippen LogP contribution in [-0.2, 0) is 4.79 Å². The minimum Gasteiger partial charge on any atom is -0.342 e. The third-order valence-electron chi connectivity index (χ3n) is 4.75. The Labute approximate surface area is 137 Å². The Bertz CT molecular complexity index is 462. The Kier molecular flexibility index (Phi) is 5.86. The lowest BCUT2D eigenvalue weighted by molar-refractivity contribution is -0.135. The minimum absolute atomic E-state index is 0.00437. The number of likely N-dealkylation sites (tertiary alicyclic amines) is 1. The highest BCUT2D eigenvalue weighted by Crippen LogP contribution is 2.32. The largest absolute Gasteiger partial charge is 0.342 e. The van der Waals surface area contributed by atoms with Crippen LogP contribution in [0.5, 0.6) is 0 Å². The summed E-state index contributed by atoms with van der Waals surface area (Å²) in [6, 6.07) is 10.3. The maximum Gasteiger partial charge on any atom is 0.230 e. The maximum absolute atomic E-state index is 13.1. The molecule has 0 saturated carbocycles. The molecule has 1 aromatic rings. The monoisotopic (exact) mass is 351 g/mol. The number of rotatable bonds is 4. The van der Waals surface area contributed by atoms with Crippen LogP contribution >= 0.6 is 15.9 Å². The quantitative estimate of drug-likeness (QED) is 0.733. The van der Waals surface area contributed by atoms with E-state index in [0.29, 0.717) is 22.6 Å². The number of hydrogen-bond acceptors (Lipinski definition) is 1. The first-order valence-corrected chi connectivity index (χ1v) is 8.94. The van der Waals surface area contributed by atoms with Crippen LogP contribution in [0.3, 0.4) is 0 Å². The minimum atomic E-state index is -0.00437. The van der Waals surface area contributed by atoms with Crippen LogP contribution in [0.15, 0.2) is 30.3 Å². The van der Waals surface area contributed by atoms with Crippen LogP contribution < -0.4 is 0 Å². The summed E-state index contributed by atoms with van der Waals surface area (Å²) in [6.45, 7) is 8.32. The molecule has 0 bridgehead atoms. The van der Waals surface area contributed by atoms with Crippen LogP contribution in [-0.4, -0.2) is 28.7 Å². The van der Waals surface area contributed by atoms with E-state index in [1.165, 1.54) is 0 Å². The van der Waals surface area contributed by atoms with Crippen LogP contribution in [0.4, 0.5) is 0 Å². The fraction of sp³-hybridized carbons (Fsp3) is 0.611. The zero-order chi connectivity index (χ0) is 15.4. The predicted molar refractivity (Wildman–Crippen MR) is 91.7 cm³/mol. The van der Waals surface area contributed by atoms with Gasteiger partial charge in [-0.3, -0.25) is 4.79 Å². The van der Waals surface area contributed by atoms with Gasteiger partial charge in [0, 0.05) is 17.9 Å². The van der Waals surface area contributed by atoms with Gasteiger partial charge in [-0.1, -0.05) is 73.5 Å². The molecule has 1 heterocycles. The van der Waals surface area contributed by atoms with E-state index in [4.69, 9.17) is 0 Å². The van der Waals surface area contributed by atoms with Crippen LogP contribution in [0.25, 0.3) is 0 Å². The molecule has 0 N–H and O–H groups in total. The van der Waals surface area contributed by atoms with Gasteiger partial charge in [0.1, 0.15) is 0 Å². The molecule has 0 radical (unpaired) electrons. The van der Waals surface area contributed by atoms with Crippen LogP contribution in [0.1, 0.15) is 45.1 Å². The molecule has 0 spiro atoms. The van der Waals surface area contributed by atoms with Crippen molar-refractivity contribution < 1.29 is 4.79 Å². The van der Waals surface area contributed by atoms with Gasteiger partial charge in [0.15, 0.2) is 0 Å². The van der Waals surface area contributed by atoms with E-state index in [-0.39, 0.29) is 5.92 Å². The second-order valence-electron chi connectivity index (χ2n) is 6.34. The lowest BCUT2D eigenvalue weighted by atomic mass is 9.83. The molecule has 4 atom stereocenters. The van der Waals surface area contributed by atoms with E-state index in [1.54, 1.807) is 0 Å². The molecule has 116 valence electrons. The molecule has 3 heteroatoms. The fourth-order valence-corrected chi connectivity index (χ4v) is 3.50. The van der Waals surface area contributed by atoms with Gasteiger partial charge in [-0.2, -0.15) is 0 Å². The SMILES string of the molecule is CCC(C)C(C(=O)N1CCC(Br)C(C)C1)c1ccccc1. The molecule has 1 saturated heterocycles. The highest BCUT2D eigenvalue weighted by Gasteiger charge is 2.33. The van der Waals surface area contributed by atoms with Gasteiger partial charge in [0.25, 0.3) is 0 Å². The van der Waals surface area contributed by atoms with E-state index in [0.717, 1.165) is 31.5 Å². The smallest absolute Gasteiger partial charge is 0.230 e. The van der Waals surface area contributed by atoms with Crippen molar-refractivity contribution in [3.63, 3.8) is 0 Å². The summed E-state index contributed by atoms with van der Waals surface area (Å²) in [5.41, 5.74) is 1.16. The van der Waals surface area contributed by atoms with Gasteiger partial charge in [-0.15, -0.1) is 0 Å². The Morgan fingerprint density at radius 1 is 1.38 bits per heavy atom. The van der Waals surface area contributed by atoms with Crippen molar-refractivity contribution in [2.75, 3.05) is 13.1 Å². The van der Waals surface area contributed by atoms with Crippen LogP contribution in [0, 0.1) is 11.8 Å². The molecular weight excluding hydrogens is 326 g/mol. The van der Waals surface area contributed by atoms with Gasteiger partial charge in [0.2, 0.25) is 5.91 Å². The van der Waals surface area contributed by atoms with Crippen molar-refractivity contribution >= 4 is 21.8 Å². The number of hydrogen-bond donors (Lipinski definition) is 0.